The maximum atomic E-state index is 11.1. The third-order valence-corrected chi connectivity index (χ3v) is 2.64. The summed E-state index contributed by atoms with van der Waals surface area (Å²) in [5.41, 5.74) is 0. The minimum Gasteiger partial charge on any atom is -0.467 e. The quantitative estimate of drug-likeness (QED) is 0.666. The minimum atomic E-state index is -0.00127. The monoisotopic (exact) mass is 266 g/mol. The number of nitrogens with zero attached hydrogens (tertiary/aromatic N) is 3. The van der Waals surface area contributed by atoms with Gasteiger partial charge in [-0.05, 0) is 6.42 Å². The molecule has 1 aromatic heterocycles. The van der Waals surface area contributed by atoms with E-state index in [2.05, 4.69) is 37.8 Å². The number of amides is 1. The Morgan fingerprint density at radius 1 is 1.37 bits per heavy atom. The molecule has 8 nitrogen and oxygen atoms in total. The zero-order chi connectivity index (χ0) is 13.7. The predicted octanol–water partition coefficient (Wildman–Crippen LogP) is 0.00250. The second kappa shape index (κ2) is 6.17. The van der Waals surface area contributed by atoms with Crippen molar-refractivity contribution in [2.45, 2.75) is 25.8 Å². The molecular weight excluding hydrogens is 248 g/mol. The van der Waals surface area contributed by atoms with Gasteiger partial charge in [0.1, 0.15) is 0 Å². The molecule has 0 aliphatic carbocycles. The van der Waals surface area contributed by atoms with Crippen LogP contribution in [-0.2, 0) is 4.79 Å². The topological polar surface area (TPSA) is 101 Å². The van der Waals surface area contributed by atoms with Crippen molar-refractivity contribution in [1.29, 1.82) is 0 Å². The molecule has 1 fully saturated rings. The second-order valence-electron chi connectivity index (χ2n) is 4.25. The van der Waals surface area contributed by atoms with Crippen LogP contribution in [0.2, 0.25) is 0 Å². The Bertz CT molecular complexity index is 453. The summed E-state index contributed by atoms with van der Waals surface area (Å²) in [6, 6.07) is 0.243. The molecule has 1 amide bonds. The van der Waals surface area contributed by atoms with Crippen molar-refractivity contribution in [3.8, 4) is 6.01 Å². The van der Waals surface area contributed by atoms with Crippen LogP contribution in [0, 0.1) is 0 Å². The zero-order valence-electron chi connectivity index (χ0n) is 11.1. The second-order valence-corrected chi connectivity index (χ2v) is 4.25. The molecule has 1 unspecified atom stereocenters. The summed E-state index contributed by atoms with van der Waals surface area (Å²) in [5.74, 6) is 0.906. The van der Waals surface area contributed by atoms with Gasteiger partial charge >= 0.3 is 6.01 Å². The van der Waals surface area contributed by atoms with E-state index in [1.54, 1.807) is 0 Å². The van der Waals surface area contributed by atoms with Gasteiger partial charge in [-0.1, -0.05) is 6.92 Å². The first-order valence-electron chi connectivity index (χ1n) is 6.28. The number of methoxy groups -OCH3 is 1. The highest BCUT2D eigenvalue weighted by atomic mass is 16.5. The van der Waals surface area contributed by atoms with Crippen molar-refractivity contribution in [2.24, 2.45) is 0 Å². The lowest BCUT2D eigenvalue weighted by Crippen LogP contribution is -2.24. The van der Waals surface area contributed by atoms with Crippen molar-refractivity contribution in [3.05, 3.63) is 0 Å². The van der Waals surface area contributed by atoms with Crippen molar-refractivity contribution in [3.63, 3.8) is 0 Å². The Morgan fingerprint density at radius 3 is 2.79 bits per heavy atom. The molecule has 1 saturated heterocycles. The number of aromatic nitrogens is 3. The number of hydrogen-bond acceptors (Lipinski definition) is 7. The molecule has 2 rings (SSSR count). The van der Waals surface area contributed by atoms with Gasteiger partial charge in [0, 0.05) is 19.5 Å². The van der Waals surface area contributed by atoms with E-state index in [0.717, 1.165) is 13.0 Å². The molecular formula is C11H18N6O2. The van der Waals surface area contributed by atoms with Gasteiger partial charge < -0.3 is 20.7 Å². The van der Waals surface area contributed by atoms with Gasteiger partial charge in [0.25, 0.3) is 0 Å². The van der Waals surface area contributed by atoms with Gasteiger partial charge in [0.15, 0.2) is 0 Å². The zero-order valence-corrected chi connectivity index (χ0v) is 11.1. The number of carbonyl (C=O) groups excluding carboxylic acids is 1. The molecule has 8 heteroatoms. The lowest BCUT2D eigenvalue weighted by molar-refractivity contribution is -0.119. The first-order valence-corrected chi connectivity index (χ1v) is 6.28. The Kier molecular flexibility index (Phi) is 4.32. The van der Waals surface area contributed by atoms with Crippen LogP contribution in [0.4, 0.5) is 11.9 Å². The molecule has 1 aliphatic rings. The maximum Gasteiger partial charge on any atom is 0.322 e. The van der Waals surface area contributed by atoms with Gasteiger partial charge in [-0.2, -0.15) is 15.0 Å². The number of carbonyl (C=O) groups is 1. The summed E-state index contributed by atoms with van der Waals surface area (Å²) in [6.07, 6.45) is 1.39. The number of rotatable bonds is 6. The molecule has 104 valence electrons. The van der Waals surface area contributed by atoms with E-state index in [1.807, 2.05) is 0 Å². The molecule has 0 saturated carbocycles. The number of hydrogen-bond donors (Lipinski definition) is 3. The SMILES string of the molecule is CCCNc1nc(NC2CNC(=O)C2)nc(OC)n1. The smallest absolute Gasteiger partial charge is 0.322 e. The van der Waals surface area contributed by atoms with Gasteiger partial charge in [-0.3, -0.25) is 4.79 Å². The maximum absolute atomic E-state index is 11.1. The minimum absolute atomic E-state index is 0.00127. The first-order chi connectivity index (χ1) is 9.21. The highest BCUT2D eigenvalue weighted by Gasteiger charge is 2.22. The number of anilines is 2. The molecule has 19 heavy (non-hydrogen) atoms. The van der Waals surface area contributed by atoms with E-state index in [0.29, 0.717) is 24.9 Å². The van der Waals surface area contributed by atoms with E-state index < -0.39 is 0 Å². The summed E-state index contributed by atoms with van der Waals surface area (Å²) < 4.78 is 5.04. The van der Waals surface area contributed by atoms with Crippen LogP contribution in [-0.4, -0.2) is 47.1 Å². The molecule has 0 spiro atoms. The molecule has 3 N–H and O–H groups in total. The third-order valence-electron chi connectivity index (χ3n) is 2.64. The normalized spacial score (nSPS) is 18.0. The van der Waals surface area contributed by atoms with Crippen LogP contribution in [0.25, 0.3) is 0 Å². The van der Waals surface area contributed by atoms with Gasteiger partial charge in [-0.15, -0.1) is 0 Å². The largest absolute Gasteiger partial charge is 0.467 e. The van der Waals surface area contributed by atoms with Crippen molar-refractivity contribution >= 4 is 17.8 Å². The third kappa shape index (κ3) is 3.67. The standard InChI is InChI=1S/C11H18N6O2/c1-3-4-12-9-15-10(17-11(16-9)19-2)14-7-5-8(18)13-6-7/h7H,3-6H2,1-2H3,(H,13,18)(H2,12,14,15,16,17). The Labute approximate surface area is 111 Å². The lowest BCUT2D eigenvalue weighted by atomic mass is 10.3. The molecule has 1 atom stereocenters. The Morgan fingerprint density at radius 2 is 2.16 bits per heavy atom. The van der Waals surface area contributed by atoms with E-state index >= 15 is 0 Å². The first kappa shape index (κ1) is 13.3. The summed E-state index contributed by atoms with van der Waals surface area (Å²) in [7, 11) is 1.50. The summed E-state index contributed by atoms with van der Waals surface area (Å²) in [5, 5.41) is 8.92. The summed E-state index contributed by atoms with van der Waals surface area (Å²) in [6.45, 7) is 3.40. The van der Waals surface area contributed by atoms with Crippen LogP contribution in [0.1, 0.15) is 19.8 Å². The lowest BCUT2D eigenvalue weighted by Gasteiger charge is -2.12. The molecule has 0 bridgehead atoms. The van der Waals surface area contributed by atoms with E-state index in [9.17, 15) is 4.79 Å². The fourth-order valence-corrected chi connectivity index (χ4v) is 1.72. The fraction of sp³-hybridized carbons (Fsp3) is 0.636. The fourth-order valence-electron chi connectivity index (χ4n) is 1.72. The van der Waals surface area contributed by atoms with Crippen molar-refractivity contribution in [2.75, 3.05) is 30.8 Å². The average molecular weight is 266 g/mol. The van der Waals surface area contributed by atoms with Gasteiger partial charge in [0.05, 0.1) is 13.2 Å². The van der Waals surface area contributed by atoms with Crippen LogP contribution in [0.5, 0.6) is 6.01 Å². The summed E-state index contributed by atoms with van der Waals surface area (Å²) >= 11 is 0. The highest BCUT2D eigenvalue weighted by Crippen LogP contribution is 2.13. The Hall–Kier alpha value is -2.12. The number of ether oxygens (including phenoxy) is 1. The molecule has 2 heterocycles. The van der Waals surface area contributed by atoms with Crippen LogP contribution >= 0.6 is 0 Å². The predicted molar refractivity (Wildman–Crippen MR) is 70.2 cm³/mol. The van der Waals surface area contributed by atoms with Crippen LogP contribution in [0.3, 0.4) is 0 Å². The number of nitrogens with one attached hydrogen (secondary N) is 3. The van der Waals surface area contributed by atoms with Crippen molar-refractivity contribution < 1.29 is 9.53 Å². The van der Waals surface area contributed by atoms with Crippen molar-refractivity contribution in [1.82, 2.24) is 20.3 Å². The molecule has 0 radical (unpaired) electrons. The average Bonchev–Trinajstić information content (AvgIpc) is 2.81. The van der Waals surface area contributed by atoms with Gasteiger partial charge in [-0.25, -0.2) is 0 Å². The summed E-state index contributed by atoms with van der Waals surface area (Å²) in [4.78, 5) is 23.6. The molecule has 1 aromatic rings. The highest BCUT2D eigenvalue weighted by molar-refractivity contribution is 5.79. The van der Waals surface area contributed by atoms with Gasteiger partial charge in [0.2, 0.25) is 17.8 Å². The van der Waals surface area contributed by atoms with Crippen LogP contribution in [0.15, 0.2) is 0 Å². The van der Waals surface area contributed by atoms with Crippen LogP contribution < -0.4 is 20.7 Å². The Balaban J connectivity index is 2.07. The molecule has 1 aliphatic heterocycles. The van der Waals surface area contributed by atoms with E-state index in [4.69, 9.17) is 4.74 Å². The van der Waals surface area contributed by atoms with E-state index in [-0.39, 0.29) is 18.0 Å². The molecule has 0 aromatic carbocycles. The van der Waals surface area contributed by atoms with E-state index in [1.165, 1.54) is 7.11 Å².